The zero-order valence-corrected chi connectivity index (χ0v) is 17.0. The fourth-order valence-electron chi connectivity index (χ4n) is 3.20. The van der Waals surface area contributed by atoms with Crippen molar-refractivity contribution >= 4 is 34.4 Å². The van der Waals surface area contributed by atoms with Crippen LogP contribution in [0.2, 0.25) is 0 Å². The Kier molecular flexibility index (Phi) is 5.95. The van der Waals surface area contributed by atoms with Gasteiger partial charge in [0.25, 0.3) is 0 Å². The molecule has 0 aliphatic carbocycles. The maximum absolute atomic E-state index is 13.2. The van der Waals surface area contributed by atoms with E-state index in [1.54, 1.807) is 12.1 Å². The number of para-hydroxylation sites is 2. The van der Waals surface area contributed by atoms with E-state index < -0.39 is 5.25 Å². The summed E-state index contributed by atoms with van der Waals surface area (Å²) in [4.78, 5) is 18.0. The van der Waals surface area contributed by atoms with Gasteiger partial charge in [-0.2, -0.15) is 0 Å². The molecule has 0 aliphatic rings. The summed E-state index contributed by atoms with van der Waals surface area (Å²) in [6.45, 7) is 4.44. The number of allylic oxidation sites excluding steroid dienone is 1. The monoisotopic (exact) mass is 417 g/mol. The average molecular weight is 418 g/mol. The second kappa shape index (κ2) is 8.97. The summed E-state index contributed by atoms with van der Waals surface area (Å²) in [5.74, 6) is -0.546. The SMILES string of the molecule is C=CCn1c(S[C@@H](C(=O)Nc2ccc(F)cc2)c2ccccc2)nc2ccccc21. The molecular formula is C24H20FN3OS. The van der Waals surface area contributed by atoms with Crippen LogP contribution in [-0.4, -0.2) is 15.5 Å². The van der Waals surface area contributed by atoms with E-state index in [-0.39, 0.29) is 11.7 Å². The van der Waals surface area contributed by atoms with Crippen LogP contribution in [0.25, 0.3) is 11.0 Å². The van der Waals surface area contributed by atoms with Crippen molar-refractivity contribution in [2.24, 2.45) is 0 Å². The van der Waals surface area contributed by atoms with E-state index in [2.05, 4.69) is 11.9 Å². The molecule has 1 heterocycles. The Labute approximate surface area is 178 Å². The van der Waals surface area contributed by atoms with Gasteiger partial charge in [0, 0.05) is 12.2 Å². The number of benzene rings is 3. The number of carbonyl (C=O) groups is 1. The summed E-state index contributed by atoms with van der Waals surface area (Å²) in [7, 11) is 0. The number of nitrogens with zero attached hydrogens (tertiary/aromatic N) is 2. The van der Waals surface area contributed by atoms with Crippen molar-refractivity contribution in [2.45, 2.75) is 17.0 Å². The molecule has 3 aromatic carbocycles. The molecule has 1 N–H and O–H groups in total. The molecule has 4 aromatic rings. The Morgan fingerprint density at radius 2 is 1.77 bits per heavy atom. The Balaban J connectivity index is 1.69. The summed E-state index contributed by atoms with van der Waals surface area (Å²) >= 11 is 1.38. The van der Waals surface area contributed by atoms with Crippen molar-refractivity contribution in [3.8, 4) is 0 Å². The van der Waals surface area contributed by atoms with Gasteiger partial charge in [-0.3, -0.25) is 4.79 Å². The van der Waals surface area contributed by atoms with E-state index in [0.29, 0.717) is 12.2 Å². The summed E-state index contributed by atoms with van der Waals surface area (Å²) in [6, 6.07) is 23.2. The normalized spacial score (nSPS) is 11.9. The van der Waals surface area contributed by atoms with Crippen LogP contribution < -0.4 is 5.32 Å². The minimum Gasteiger partial charge on any atom is -0.325 e. The first-order valence-electron chi connectivity index (χ1n) is 9.50. The summed E-state index contributed by atoms with van der Waals surface area (Å²) in [6.07, 6.45) is 1.81. The molecule has 1 atom stereocenters. The molecule has 1 amide bonds. The van der Waals surface area contributed by atoms with Crippen molar-refractivity contribution in [1.82, 2.24) is 9.55 Å². The lowest BCUT2D eigenvalue weighted by Gasteiger charge is -2.17. The molecule has 30 heavy (non-hydrogen) atoms. The maximum Gasteiger partial charge on any atom is 0.242 e. The molecule has 0 saturated heterocycles. The lowest BCUT2D eigenvalue weighted by molar-refractivity contribution is -0.115. The number of fused-ring (bicyclic) bond motifs is 1. The van der Waals surface area contributed by atoms with Crippen molar-refractivity contribution in [1.29, 1.82) is 0 Å². The first-order chi connectivity index (χ1) is 14.7. The van der Waals surface area contributed by atoms with Crippen LogP contribution >= 0.6 is 11.8 Å². The van der Waals surface area contributed by atoms with Gasteiger partial charge in [-0.15, -0.1) is 6.58 Å². The number of thioether (sulfide) groups is 1. The molecule has 0 spiro atoms. The van der Waals surface area contributed by atoms with Gasteiger partial charge in [-0.1, -0.05) is 60.3 Å². The molecule has 0 unspecified atom stereocenters. The van der Waals surface area contributed by atoms with Crippen LogP contribution in [0.1, 0.15) is 10.8 Å². The number of nitrogens with one attached hydrogen (secondary N) is 1. The number of rotatable bonds is 7. The van der Waals surface area contributed by atoms with Gasteiger partial charge in [0.1, 0.15) is 11.1 Å². The van der Waals surface area contributed by atoms with E-state index in [4.69, 9.17) is 4.98 Å². The van der Waals surface area contributed by atoms with E-state index in [1.165, 1.54) is 23.9 Å². The molecule has 0 aliphatic heterocycles. The molecule has 4 rings (SSSR count). The van der Waals surface area contributed by atoms with E-state index in [1.807, 2.05) is 65.2 Å². The minimum atomic E-state index is -0.531. The molecule has 6 heteroatoms. The van der Waals surface area contributed by atoms with Gasteiger partial charge in [-0.25, -0.2) is 9.37 Å². The molecule has 150 valence electrons. The number of aromatic nitrogens is 2. The molecule has 1 aromatic heterocycles. The lowest BCUT2D eigenvalue weighted by Crippen LogP contribution is -2.19. The van der Waals surface area contributed by atoms with Crippen molar-refractivity contribution < 1.29 is 9.18 Å². The summed E-state index contributed by atoms with van der Waals surface area (Å²) < 4.78 is 15.3. The van der Waals surface area contributed by atoms with Crippen molar-refractivity contribution in [2.75, 3.05) is 5.32 Å². The highest BCUT2D eigenvalue weighted by atomic mass is 32.2. The maximum atomic E-state index is 13.2. The van der Waals surface area contributed by atoms with Crippen molar-refractivity contribution in [3.63, 3.8) is 0 Å². The number of carbonyl (C=O) groups excluding carboxylic acids is 1. The van der Waals surface area contributed by atoms with E-state index in [9.17, 15) is 9.18 Å². The molecular weight excluding hydrogens is 397 g/mol. The Hall–Kier alpha value is -3.38. The second-order valence-electron chi connectivity index (χ2n) is 6.69. The third-order valence-corrected chi connectivity index (χ3v) is 5.85. The van der Waals surface area contributed by atoms with Crippen LogP contribution in [-0.2, 0) is 11.3 Å². The minimum absolute atomic E-state index is 0.199. The fraction of sp³-hybridized carbons (Fsp3) is 0.0833. The predicted molar refractivity (Wildman–Crippen MR) is 120 cm³/mol. The first kappa shape index (κ1) is 19.9. The number of anilines is 1. The molecule has 0 saturated carbocycles. The molecule has 0 radical (unpaired) electrons. The van der Waals surface area contributed by atoms with Crippen LogP contribution in [0.4, 0.5) is 10.1 Å². The highest BCUT2D eigenvalue weighted by Crippen LogP contribution is 2.37. The highest BCUT2D eigenvalue weighted by Gasteiger charge is 2.25. The van der Waals surface area contributed by atoms with Gasteiger partial charge in [-0.05, 0) is 42.0 Å². The number of halogens is 1. The highest BCUT2D eigenvalue weighted by molar-refractivity contribution is 8.00. The van der Waals surface area contributed by atoms with Crippen LogP contribution in [0.15, 0.2) is 96.7 Å². The Morgan fingerprint density at radius 1 is 1.07 bits per heavy atom. The van der Waals surface area contributed by atoms with Crippen LogP contribution in [0.3, 0.4) is 0 Å². The quantitative estimate of drug-likeness (QED) is 0.304. The van der Waals surface area contributed by atoms with Crippen LogP contribution in [0, 0.1) is 5.82 Å². The number of hydrogen-bond donors (Lipinski definition) is 1. The summed E-state index contributed by atoms with van der Waals surface area (Å²) in [5, 5.41) is 3.09. The van der Waals surface area contributed by atoms with Gasteiger partial charge < -0.3 is 9.88 Å². The largest absolute Gasteiger partial charge is 0.325 e. The number of hydrogen-bond acceptors (Lipinski definition) is 3. The molecule has 0 fully saturated rings. The molecule has 0 bridgehead atoms. The lowest BCUT2D eigenvalue weighted by atomic mass is 10.1. The topological polar surface area (TPSA) is 46.9 Å². The number of imidazole rings is 1. The van der Waals surface area contributed by atoms with E-state index in [0.717, 1.165) is 21.8 Å². The standard InChI is InChI=1S/C24H20FN3OS/c1-2-16-28-21-11-7-6-10-20(21)27-24(28)30-22(17-8-4-3-5-9-17)23(29)26-19-14-12-18(25)13-15-19/h2-15,22H,1,16H2,(H,26,29)/t22-/m1/s1. The third-order valence-electron chi connectivity index (χ3n) is 4.61. The van der Waals surface area contributed by atoms with Gasteiger partial charge in [0.2, 0.25) is 5.91 Å². The Morgan fingerprint density at radius 3 is 2.50 bits per heavy atom. The fourth-order valence-corrected chi connectivity index (χ4v) is 4.32. The zero-order valence-electron chi connectivity index (χ0n) is 16.2. The second-order valence-corrected chi connectivity index (χ2v) is 7.76. The first-order valence-corrected chi connectivity index (χ1v) is 10.4. The summed E-state index contributed by atoms with van der Waals surface area (Å²) in [5.41, 5.74) is 3.26. The Bertz CT molecular complexity index is 1170. The van der Waals surface area contributed by atoms with Crippen LogP contribution in [0.5, 0.6) is 0 Å². The number of amides is 1. The van der Waals surface area contributed by atoms with Gasteiger partial charge in [0.15, 0.2) is 5.16 Å². The zero-order chi connectivity index (χ0) is 20.9. The smallest absolute Gasteiger partial charge is 0.242 e. The molecule has 4 nitrogen and oxygen atoms in total. The van der Waals surface area contributed by atoms with Gasteiger partial charge >= 0.3 is 0 Å². The van der Waals surface area contributed by atoms with Gasteiger partial charge in [0.05, 0.1) is 11.0 Å². The van der Waals surface area contributed by atoms with Crippen molar-refractivity contribution in [3.05, 3.63) is 103 Å². The predicted octanol–water partition coefficient (Wildman–Crippen LogP) is 5.83. The van der Waals surface area contributed by atoms with E-state index >= 15 is 0 Å². The third kappa shape index (κ3) is 4.28. The average Bonchev–Trinajstić information content (AvgIpc) is 3.12.